The zero-order valence-electron chi connectivity index (χ0n) is 11.5. The highest BCUT2D eigenvalue weighted by atomic mass is 16.5. The number of carboxylic acids is 1. The van der Waals surface area contributed by atoms with Crippen molar-refractivity contribution >= 4 is 5.97 Å². The summed E-state index contributed by atoms with van der Waals surface area (Å²) in [6, 6.07) is 4.91. The van der Waals surface area contributed by atoms with Gasteiger partial charge in [0.2, 0.25) is 0 Å². The second-order valence-electron chi connectivity index (χ2n) is 4.31. The van der Waals surface area contributed by atoms with Crippen molar-refractivity contribution in [2.24, 2.45) is 0 Å². The number of rotatable bonds is 8. The van der Waals surface area contributed by atoms with E-state index in [1.807, 2.05) is 13.8 Å². The Labute approximate surface area is 113 Å². The van der Waals surface area contributed by atoms with Gasteiger partial charge in [-0.2, -0.15) is 0 Å². The van der Waals surface area contributed by atoms with Crippen molar-refractivity contribution in [2.75, 3.05) is 20.3 Å². The molecule has 0 atom stereocenters. The molecule has 0 saturated carbocycles. The van der Waals surface area contributed by atoms with Gasteiger partial charge in [-0.25, -0.2) is 4.79 Å². The Balaban J connectivity index is 2.49. The third-order valence-corrected chi connectivity index (χ3v) is 2.44. The lowest BCUT2D eigenvalue weighted by Crippen LogP contribution is -2.09. The molecule has 5 nitrogen and oxygen atoms in total. The van der Waals surface area contributed by atoms with E-state index >= 15 is 0 Å². The van der Waals surface area contributed by atoms with E-state index in [4.69, 9.17) is 19.3 Å². The van der Waals surface area contributed by atoms with E-state index in [0.29, 0.717) is 25.6 Å². The predicted octanol–water partition coefficient (Wildman–Crippen LogP) is 2.33. The molecular formula is C14H20O5. The molecule has 0 spiro atoms. The summed E-state index contributed by atoms with van der Waals surface area (Å²) in [5.74, 6) is -0.665. The molecule has 19 heavy (non-hydrogen) atoms. The van der Waals surface area contributed by atoms with Gasteiger partial charge in [0, 0.05) is 0 Å². The lowest BCUT2D eigenvalue weighted by Gasteiger charge is -2.10. The fraction of sp³-hybridized carbons (Fsp3) is 0.500. The number of hydrogen-bond acceptors (Lipinski definition) is 4. The van der Waals surface area contributed by atoms with Crippen LogP contribution in [-0.4, -0.2) is 37.5 Å². The van der Waals surface area contributed by atoms with Gasteiger partial charge in [-0.3, -0.25) is 0 Å². The lowest BCUT2D eigenvalue weighted by atomic mass is 10.1. The van der Waals surface area contributed by atoms with Crippen LogP contribution >= 0.6 is 0 Å². The largest absolute Gasteiger partial charge is 0.496 e. The molecular weight excluding hydrogens is 248 g/mol. The first-order valence-corrected chi connectivity index (χ1v) is 6.14. The van der Waals surface area contributed by atoms with Gasteiger partial charge < -0.3 is 19.3 Å². The van der Waals surface area contributed by atoms with Crippen molar-refractivity contribution in [3.8, 4) is 5.75 Å². The van der Waals surface area contributed by atoms with Crippen LogP contribution in [0.1, 0.15) is 29.8 Å². The molecule has 0 aliphatic heterocycles. The van der Waals surface area contributed by atoms with Crippen LogP contribution in [0.4, 0.5) is 0 Å². The van der Waals surface area contributed by atoms with Crippen molar-refractivity contribution in [3.63, 3.8) is 0 Å². The van der Waals surface area contributed by atoms with Crippen LogP contribution in [0, 0.1) is 0 Å². The van der Waals surface area contributed by atoms with Gasteiger partial charge in [-0.1, -0.05) is 6.07 Å². The fourth-order valence-electron chi connectivity index (χ4n) is 1.53. The lowest BCUT2D eigenvalue weighted by molar-refractivity contribution is 0.0142. The highest BCUT2D eigenvalue weighted by Crippen LogP contribution is 2.20. The van der Waals surface area contributed by atoms with E-state index in [2.05, 4.69) is 0 Å². The van der Waals surface area contributed by atoms with Crippen LogP contribution in [-0.2, 0) is 16.1 Å². The summed E-state index contributed by atoms with van der Waals surface area (Å²) in [4.78, 5) is 10.9. The first-order chi connectivity index (χ1) is 9.04. The Bertz CT molecular complexity index is 414. The standard InChI is InChI=1S/C14H20O5/c1-10(2)19-7-6-18-9-11-4-5-12(14(15)16)13(8-11)17-3/h4-5,8,10H,6-7,9H2,1-3H3,(H,15,16). The molecule has 0 saturated heterocycles. The van der Waals surface area contributed by atoms with Gasteiger partial charge in [0.05, 0.1) is 33.0 Å². The molecule has 5 heteroatoms. The van der Waals surface area contributed by atoms with E-state index in [9.17, 15) is 4.79 Å². The maximum atomic E-state index is 10.9. The molecule has 106 valence electrons. The monoisotopic (exact) mass is 268 g/mol. The maximum Gasteiger partial charge on any atom is 0.339 e. The molecule has 1 N–H and O–H groups in total. The minimum Gasteiger partial charge on any atom is -0.496 e. The van der Waals surface area contributed by atoms with Crippen molar-refractivity contribution in [1.82, 2.24) is 0 Å². The number of carboxylic acid groups (broad SMARTS) is 1. The van der Waals surface area contributed by atoms with Crippen molar-refractivity contribution in [2.45, 2.75) is 26.6 Å². The van der Waals surface area contributed by atoms with Crippen LogP contribution in [0.3, 0.4) is 0 Å². The average molecular weight is 268 g/mol. The molecule has 0 fully saturated rings. The number of carbonyl (C=O) groups is 1. The van der Waals surface area contributed by atoms with E-state index < -0.39 is 5.97 Å². The topological polar surface area (TPSA) is 65.0 Å². The quantitative estimate of drug-likeness (QED) is 0.733. The highest BCUT2D eigenvalue weighted by Gasteiger charge is 2.11. The van der Waals surface area contributed by atoms with Gasteiger partial charge in [-0.15, -0.1) is 0 Å². The van der Waals surface area contributed by atoms with E-state index in [-0.39, 0.29) is 11.7 Å². The molecule has 0 unspecified atom stereocenters. The molecule has 1 aromatic rings. The summed E-state index contributed by atoms with van der Waals surface area (Å²) in [6.45, 7) is 5.38. The molecule has 1 rings (SSSR count). The average Bonchev–Trinajstić information content (AvgIpc) is 2.37. The third-order valence-electron chi connectivity index (χ3n) is 2.44. The second-order valence-corrected chi connectivity index (χ2v) is 4.31. The first kappa shape index (κ1) is 15.5. The summed E-state index contributed by atoms with van der Waals surface area (Å²) in [5, 5.41) is 8.96. The summed E-state index contributed by atoms with van der Waals surface area (Å²) >= 11 is 0. The smallest absolute Gasteiger partial charge is 0.339 e. The number of ether oxygens (including phenoxy) is 3. The normalized spacial score (nSPS) is 10.7. The van der Waals surface area contributed by atoms with Crippen molar-refractivity contribution < 1.29 is 24.1 Å². The predicted molar refractivity (Wildman–Crippen MR) is 70.7 cm³/mol. The molecule has 0 heterocycles. The van der Waals surface area contributed by atoms with Gasteiger partial charge in [0.25, 0.3) is 0 Å². The zero-order valence-corrected chi connectivity index (χ0v) is 11.5. The Morgan fingerprint density at radius 3 is 2.63 bits per heavy atom. The molecule has 0 bridgehead atoms. The highest BCUT2D eigenvalue weighted by molar-refractivity contribution is 5.90. The maximum absolute atomic E-state index is 10.9. The van der Waals surface area contributed by atoms with E-state index in [1.165, 1.54) is 13.2 Å². The zero-order chi connectivity index (χ0) is 14.3. The minimum atomic E-state index is -1.00. The summed E-state index contributed by atoms with van der Waals surface area (Å²) in [7, 11) is 1.45. The van der Waals surface area contributed by atoms with E-state index in [0.717, 1.165) is 5.56 Å². The van der Waals surface area contributed by atoms with Crippen molar-refractivity contribution in [3.05, 3.63) is 29.3 Å². The van der Waals surface area contributed by atoms with Crippen LogP contribution in [0.2, 0.25) is 0 Å². The van der Waals surface area contributed by atoms with Crippen molar-refractivity contribution in [1.29, 1.82) is 0 Å². The molecule has 1 aromatic carbocycles. The number of aromatic carboxylic acids is 1. The third kappa shape index (κ3) is 5.28. The SMILES string of the molecule is COc1cc(COCCOC(C)C)ccc1C(=O)O. The summed E-state index contributed by atoms with van der Waals surface area (Å²) in [6.07, 6.45) is 0.193. The van der Waals surface area contributed by atoms with Crippen LogP contribution in [0.5, 0.6) is 5.75 Å². The van der Waals surface area contributed by atoms with Crippen LogP contribution < -0.4 is 4.74 Å². The number of methoxy groups -OCH3 is 1. The Morgan fingerprint density at radius 1 is 1.32 bits per heavy atom. The number of benzene rings is 1. The number of hydrogen-bond donors (Lipinski definition) is 1. The van der Waals surface area contributed by atoms with Crippen LogP contribution in [0.15, 0.2) is 18.2 Å². The molecule has 0 aromatic heterocycles. The van der Waals surface area contributed by atoms with Gasteiger partial charge in [-0.05, 0) is 31.5 Å². The second kappa shape index (κ2) is 7.76. The molecule has 0 amide bonds. The first-order valence-electron chi connectivity index (χ1n) is 6.14. The van der Waals surface area contributed by atoms with E-state index in [1.54, 1.807) is 12.1 Å². The Hall–Kier alpha value is -1.59. The van der Waals surface area contributed by atoms with Crippen LogP contribution in [0.25, 0.3) is 0 Å². The Morgan fingerprint density at radius 2 is 2.05 bits per heavy atom. The summed E-state index contributed by atoms with van der Waals surface area (Å²) < 4.78 is 15.8. The van der Waals surface area contributed by atoms with Gasteiger partial charge in [0.1, 0.15) is 11.3 Å². The van der Waals surface area contributed by atoms with Gasteiger partial charge in [0.15, 0.2) is 0 Å². The fourth-order valence-corrected chi connectivity index (χ4v) is 1.53. The minimum absolute atomic E-state index is 0.148. The summed E-state index contributed by atoms with van der Waals surface area (Å²) in [5.41, 5.74) is 1.01. The molecule has 0 aliphatic rings. The Kier molecular flexibility index (Phi) is 6.32. The van der Waals surface area contributed by atoms with Gasteiger partial charge >= 0.3 is 5.97 Å². The molecule has 0 aliphatic carbocycles. The molecule has 0 radical (unpaired) electrons.